The van der Waals surface area contributed by atoms with Crippen LogP contribution in [-0.4, -0.2) is 11.1 Å². The summed E-state index contributed by atoms with van der Waals surface area (Å²) in [6.07, 6.45) is 0. The number of hydrogen-bond acceptors (Lipinski definition) is 4. The summed E-state index contributed by atoms with van der Waals surface area (Å²) >= 11 is 0. The Morgan fingerprint density at radius 2 is 1.88 bits per heavy atom. The van der Waals surface area contributed by atoms with Crippen LogP contribution in [0.2, 0.25) is 0 Å². The lowest BCUT2D eigenvalue weighted by Crippen LogP contribution is -2.16. The van der Waals surface area contributed by atoms with Crippen LogP contribution in [0.3, 0.4) is 0 Å². The van der Waals surface area contributed by atoms with E-state index in [4.69, 9.17) is 9.26 Å². The fourth-order valence-electron chi connectivity index (χ4n) is 2.56. The van der Waals surface area contributed by atoms with E-state index in [1.807, 2.05) is 32.0 Å². The maximum atomic E-state index is 13.0. The second kappa shape index (κ2) is 7.39. The Hall–Kier alpha value is -3.15. The van der Waals surface area contributed by atoms with E-state index in [0.29, 0.717) is 22.8 Å². The number of aryl methyl sites for hydroxylation is 3. The average molecular weight is 354 g/mol. The van der Waals surface area contributed by atoms with Crippen molar-refractivity contribution in [2.45, 2.75) is 27.4 Å². The fraction of sp³-hybridized carbons (Fsp3) is 0.200. The molecule has 3 aromatic rings. The molecule has 3 rings (SSSR count). The topological polar surface area (TPSA) is 64.4 Å². The van der Waals surface area contributed by atoms with Crippen molar-refractivity contribution in [2.75, 3.05) is 5.32 Å². The van der Waals surface area contributed by atoms with E-state index in [9.17, 15) is 9.18 Å². The molecule has 0 saturated heterocycles. The van der Waals surface area contributed by atoms with Gasteiger partial charge in [0.1, 0.15) is 23.9 Å². The summed E-state index contributed by atoms with van der Waals surface area (Å²) in [6.45, 7) is 5.72. The number of hydrogen-bond donors (Lipinski definition) is 1. The molecular formula is C20H19FN2O3. The first-order valence-corrected chi connectivity index (χ1v) is 8.16. The van der Waals surface area contributed by atoms with Crippen LogP contribution in [0.25, 0.3) is 0 Å². The molecule has 134 valence electrons. The van der Waals surface area contributed by atoms with E-state index >= 15 is 0 Å². The van der Waals surface area contributed by atoms with Gasteiger partial charge >= 0.3 is 0 Å². The number of amides is 1. The van der Waals surface area contributed by atoms with Crippen molar-refractivity contribution in [2.24, 2.45) is 0 Å². The van der Waals surface area contributed by atoms with Crippen molar-refractivity contribution in [1.82, 2.24) is 5.16 Å². The predicted molar refractivity (Wildman–Crippen MR) is 95.8 cm³/mol. The fourth-order valence-corrected chi connectivity index (χ4v) is 2.56. The van der Waals surface area contributed by atoms with Gasteiger partial charge in [-0.3, -0.25) is 4.79 Å². The number of rotatable bonds is 5. The van der Waals surface area contributed by atoms with Gasteiger partial charge in [-0.1, -0.05) is 22.9 Å². The summed E-state index contributed by atoms with van der Waals surface area (Å²) in [4.78, 5) is 12.6. The van der Waals surface area contributed by atoms with Crippen molar-refractivity contribution in [3.05, 3.63) is 76.4 Å². The third kappa shape index (κ3) is 3.91. The van der Waals surface area contributed by atoms with Gasteiger partial charge in [0.05, 0.1) is 5.56 Å². The molecule has 1 N–H and O–H groups in total. The molecule has 0 saturated carbocycles. The monoisotopic (exact) mass is 354 g/mol. The average Bonchev–Trinajstić information content (AvgIpc) is 2.98. The minimum Gasteiger partial charge on any atom is -0.489 e. The first kappa shape index (κ1) is 17.7. The molecule has 1 heterocycles. The zero-order valence-electron chi connectivity index (χ0n) is 14.8. The highest BCUT2D eigenvalue weighted by Gasteiger charge is 2.21. The molecule has 2 aromatic carbocycles. The third-order valence-corrected chi connectivity index (χ3v) is 4.03. The second-order valence-corrected chi connectivity index (χ2v) is 6.08. The van der Waals surface area contributed by atoms with E-state index in [-0.39, 0.29) is 24.0 Å². The molecule has 1 amide bonds. The molecule has 5 nitrogen and oxygen atoms in total. The van der Waals surface area contributed by atoms with Gasteiger partial charge in [-0.15, -0.1) is 0 Å². The van der Waals surface area contributed by atoms with Crippen molar-refractivity contribution in [1.29, 1.82) is 0 Å². The maximum Gasteiger partial charge on any atom is 0.278 e. The number of nitrogens with one attached hydrogen (secondary N) is 1. The summed E-state index contributed by atoms with van der Waals surface area (Å²) in [5, 5.41) is 6.70. The van der Waals surface area contributed by atoms with Gasteiger partial charge in [0.15, 0.2) is 5.69 Å². The zero-order chi connectivity index (χ0) is 18.7. The molecular weight excluding hydrogens is 335 g/mol. The van der Waals surface area contributed by atoms with Crippen molar-refractivity contribution < 1.29 is 18.4 Å². The van der Waals surface area contributed by atoms with Crippen LogP contribution in [-0.2, 0) is 6.61 Å². The summed E-state index contributed by atoms with van der Waals surface area (Å²) in [5.74, 6) is 0.282. The van der Waals surface area contributed by atoms with Gasteiger partial charge in [-0.25, -0.2) is 4.39 Å². The lowest BCUT2D eigenvalue weighted by atomic mass is 10.1. The minimum atomic E-state index is -0.369. The van der Waals surface area contributed by atoms with Crippen LogP contribution in [0.15, 0.2) is 47.0 Å². The molecule has 0 atom stereocenters. The van der Waals surface area contributed by atoms with Crippen molar-refractivity contribution >= 4 is 11.6 Å². The van der Waals surface area contributed by atoms with Gasteiger partial charge in [-0.2, -0.15) is 0 Å². The highest BCUT2D eigenvalue weighted by atomic mass is 19.1. The standard InChI is InChI=1S/C20H19FN2O3/c1-12-4-9-18(13(2)10-12)22-20(24)19-17(14(3)26-23-19)11-25-16-7-5-15(21)6-8-16/h4-10H,11H2,1-3H3,(H,22,24). The van der Waals surface area contributed by atoms with Gasteiger partial charge in [0.2, 0.25) is 0 Å². The maximum absolute atomic E-state index is 13.0. The number of carbonyl (C=O) groups is 1. The summed E-state index contributed by atoms with van der Waals surface area (Å²) in [6, 6.07) is 11.4. The molecule has 0 aliphatic heterocycles. The molecule has 0 fully saturated rings. The number of nitrogens with zero attached hydrogens (tertiary/aromatic N) is 1. The number of carbonyl (C=O) groups excluding carboxylic acids is 1. The normalized spacial score (nSPS) is 10.6. The molecule has 1 aromatic heterocycles. The van der Waals surface area contributed by atoms with Gasteiger partial charge < -0.3 is 14.6 Å². The molecule has 0 radical (unpaired) electrons. The van der Waals surface area contributed by atoms with E-state index in [0.717, 1.165) is 11.1 Å². The van der Waals surface area contributed by atoms with E-state index in [1.54, 1.807) is 6.92 Å². The number of ether oxygens (including phenoxy) is 1. The van der Waals surface area contributed by atoms with Gasteiger partial charge in [-0.05, 0) is 56.7 Å². The zero-order valence-corrected chi connectivity index (χ0v) is 14.8. The Morgan fingerprint density at radius 1 is 1.15 bits per heavy atom. The second-order valence-electron chi connectivity index (χ2n) is 6.08. The Morgan fingerprint density at radius 3 is 2.58 bits per heavy atom. The van der Waals surface area contributed by atoms with Crippen molar-refractivity contribution in [3.8, 4) is 5.75 Å². The largest absolute Gasteiger partial charge is 0.489 e. The molecule has 0 spiro atoms. The smallest absolute Gasteiger partial charge is 0.278 e. The molecule has 0 unspecified atom stereocenters. The predicted octanol–water partition coefficient (Wildman–Crippen LogP) is 4.57. The SMILES string of the molecule is Cc1ccc(NC(=O)c2noc(C)c2COc2ccc(F)cc2)c(C)c1. The van der Waals surface area contributed by atoms with Crippen LogP contribution in [0.1, 0.15) is 32.9 Å². The van der Waals surface area contributed by atoms with E-state index in [2.05, 4.69) is 10.5 Å². The number of benzene rings is 2. The van der Waals surface area contributed by atoms with E-state index in [1.165, 1.54) is 24.3 Å². The Bertz CT molecular complexity index is 933. The van der Waals surface area contributed by atoms with Gasteiger partial charge in [0.25, 0.3) is 5.91 Å². The van der Waals surface area contributed by atoms with Crippen LogP contribution in [0, 0.1) is 26.6 Å². The van der Waals surface area contributed by atoms with Crippen molar-refractivity contribution in [3.63, 3.8) is 0 Å². The lowest BCUT2D eigenvalue weighted by Gasteiger charge is -2.09. The first-order valence-electron chi connectivity index (χ1n) is 8.16. The summed E-state index contributed by atoms with van der Waals surface area (Å²) in [7, 11) is 0. The van der Waals surface area contributed by atoms with E-state index < -0.39 is 0 Å². The quantitative estimate of drug-likeness (QED) is 0.729. The highest BCUT2D eigenvalue weighted by molar-refractivity contribution is 6.04. The highest BCUT2D eigenvalue weighted by Crippen LogP contribution is 2.21. The first-order chi connectivity index (χ1) is 12.4. The molecule has 0 aliphatic rings. The van der Waals surface area contributed by atoms with Crippen LogP contribution < -0.4 is 10.1 Å². The van der Waals surface area contributed by atoms with Gasteiger partial charge in [0, 0.05) is 5.69 Å². The Balaban J connectivity index is 1.76. The molecule has 26 heavy (non-hydrogen) atoms. The van der Waals surface area contributed by atoms with Crippen LogP contribution >= 0.6 is 0 Å². The summed E-state index contributed by atoms with van der Waals surface area (Å²) < 4.78 is 23.7. The number of halogens is 1. The Kier molecular flexibility index (Phi) is 5.02. The van der Waals surface area contributed by atoms with Crippen LogP contribution in [0.5, 0.6) is 5.75 Å². The minimum absolute atomic E-state index is 0.0938. The number of aromatic nitrogens is 1. The lowest BCUT2D eigenvalue weighted by molar-refractivity contribution is 0.101. The third-order valence-electron chi connectivity index (χ3n) is 4.03. The molecule has 6 heteroatoms. The molecule has 0 bridgehead atoms. The summed E-state index contributed by atoms with van der Waals surface area (Å²) in [5.41, 5.74) is 3.52. The number of anilines is 1. The molecule has 0 aliphatic carbocycles. The Labute approximate surface area is 150 Å². The van der Waals surface area contributed by atoms with Crippen LogP contribution in [0.4, 0.5) is 10.1 Å².